The second-order valence-electron chi connectivity index (χ2n) is 7.90. The van der Waals surface area contributed by atoms with Gasteiger partial charge in [0.05, 0.1) is 5.54 Å². The first-order valence-electron chi connectivity index (χ1n) is 9.67. The Morgan fingerprint density at radius 2 is 1.81 bits per heavy atom. The molecule has 0 fully saturated rings. The van der Waals surface area contributed by atoms with Crippen LogP contribution >= 0.6 is 0 Å². The molecule has 3 aromatic rings. The first kappa shape index (κ1) is 16.2. The maximum atomic E-state index is 6.44. The molecule has 0 bridgehead atoms. The van der Waals surface area contributed by atoms with E-state index in [1.54, 1.807) is 0 Å². The molecule has 1 heterocycles. The zero-order chi connectivity index (χ0) is 18.6. The fourth-order valence-corrected chi connectivity index (χ4v) is 4.81. The molecule has 0 amide bonds. The Kier molecular flexibility index (Phi) is 3.48. The molecule has 3 heteroatoms. The lowest BCUT2D eigenvalue weighted by Gasteiger charge is -2.42. The monoisotopic (exact) mass is 355 g/mol. The molecule has 1 aliphatic heterocycles. The van der Waals surface area contributed by atoms with Crippen LogP contribution in [0.15, 0.2) is 54.6 Å². The van der Waals surface area contributed by atoms with E-state index in [9.17, 15) is 0 Å². The molecule has 0 saturated carbocycles. The highest BCUT2D eigenvalue weighted by molar-refractivity contribution is 5.96. The van der Waals surface area contributed by atoms with Crippen molar-refractivity contribution in [3.63, 3.8) is 0 Å². The summed E-state index contributed by atoms with van der Waals surface area (Å²) in [6, 6.07) is 19.3. The van der Waals surface area contributed by atoms with Crippen molar-refractivity contribution in [2.24, 2.45) is 0 Å². The van der Waals surface area contributed by atoms with Crippen molar-refractivity contribution in [2.75, 3.05) is 24.6 Å². The van der Waals surface area contributed by atoms with E-state index in [0.29, 0.717) is 0 Å². The van der Waals surface area contributed by atoms with Crippen molar-refractivity contribution >= 4 is 33.9 Å². The predicted molar refractivity (Wildman–Crippen MR) is 115 cm³/mol. The van der Waals surface area contributed by atoms with E-state index < -0.39 is 0 Å². The van der Waals surface area contributed by atoms with Crippen LogP contribution in [0.25, 0.3) is 22.5 Å². The van der Waals surface area contributed by atoms with Crippen LogP contribution in [0.5, 0.6) is 0 Å². The molecule has 1 aliphatic carbocycles. The first-order valence-corrected chi connectivity index (χ1v) is 9.67. The Hall–Kier alpha value is -2.94. The number of fused-ring (bicyclic) bond motifs is 1. The maximum Gasteiger partial charge on any atom is 0.0798 e. The number of rotatable bonds is 1. The minimum Gasteiger partial charge on any atom is -0.398 e. The molecule has 3 nitrogen and oxygen atoms in total. The van der Waals surface area contributed by atoms with Gasteiger partial charge in [-0.15, -0.1) is 0 Å². The number of hydrogen-bond acceptors (Lipinski definition) is 3. The summed E-state index contributed by atoms with van der Waals surface area (Å²) in [5, 5.41) is 8.82. The molecule has 1 atom stereocenters. The Morgan fingerprint density at radius 3 is 2.67 bits per heavy atom. The highest BCUT2D eigenvalue weighted by atomic mass is 15.2. The lowest BCUT2D eigenvalue weighted by atomic mass is 9.85. The normalized spacial score (nSPS) is 21.3. The van der Waals surface area contributed by atoms with Crippen LogP contribution in [0.3, 0.4) is 0 Å². The molecule has 1 unspecified atom stereocenters. The summed E-state index contributed by atoms with van der Waals surface area (Å²) in [4.78, 5) is 2.49. The van der Waals surface area contributed by atoms with E-state index in [4.69, 9.17) is 5.73 Å². The summed E-state index contributed by atoms with van der Waals surface area (Å²) in [5.74, 6) is 0. The highest BCUT2D eigenvalue weighted by Gasteiger charge is 2.36. The number of likely N-dealkylation sites (N-methyl/N-ethyl adjacent to an activating group) is 1. The van der Waals surface area contributed by atoms with Crippen molar-refractivity contribution < 1.29 is 0 Å². The minimum atomic E-state index is -0.196. The van der Waals surface area contributed by atoms with Crippen molar-refractivity contribution in [3.8, 4) is 0 Å². The molecule has 0 saturated heterocycles. The average molecular weight is 355 g/mol. The van der Waals surface area contributed by atoms with Crippen molar-refractivity contribution in [1.29, 1.82) is 0 Å². The average Bonchev–Trinajstić information content (AvgIpc) is 2.81. The SMILES string of the molecule is CN1C2=c3c(cccc3=CCC2)NCC1(C)c1cccc2cccc(N)c12. The van der Waals surface area contributed by atoms with Crippen LogP contribution < -0.4 is 21.5 Å². The summed E-state index contributed by atoms with van der Waals surface area (Å²) in [7, 11) is 2.24. The van der Waals surface area contributed by atoms with Gasteiger partial charge in [0.2, 0.25) is 0 Å². The van der Waals surface area contributed by atoms with Gasteiger partial charge >= 0.3 is 0 Å². The first-order chi connectivity index (χ1) is 13.1. The quantitative estimate of drug-likeness (QED) is 0.658. The Bertz CT molecular complexity index is 1170. The minimum absolute atomic E-state index is 0.196. The van der Waals surface area contributed by atoms with E-state index >= 15 is 0 Å². The van der Waals surface area contributed by atoms with E-state index in [1.165, 1.54) is 38.2 Å². The lowest BCUT2D eigenvalue weighted by molar-refractivity contribution is 0.229. The zero-order valence-electron chi connectivity index (χ0n) is 15.9. The van der Waals surface area contributed by atoms with Crippen LogP contribution in [0.1, 0.15) is 25.3 Å². The van der Waals surface area contributed by atoms with Crippen LogP contribution in [0.2, 0.25) is 0 Å². The van der Waals surface area contributed by atoms with Crippen LogP contribution in [-0.2, 0) is 5.54 Å². The number of nitrogens with one attached hydrogen (secondary N) is 1. The van der Waals surface area contributed by atoms with E-state index in [0.717, 1.165) is 25.1 Å². The summed E-state index contributed by atoms with van der Waals surface area (Å²) < 4.78 is 0. The molecule has 0 aromatic heterocycles. The molecule has 3 aromatic carbocycles. The second kappa shape index (κ2) is 5.78. The largest absolute Gasteiger partial charge is 0.398 e. The van der Waals surface area contributed by atoms with Crippen molar-refractivity contribution in [1.82, 2.24) is 4.90 Å². The number of nitrogens with two attached hydrogens (primary N) is 1. The number of hydrogen-bond donors (Lipinski definition) is 2. The number of anilines is 2. The van der Waals surface area contributed by atoms with Crippen molar-refractivity contribution in [2.45, 2.75) is 25.3 Å². The number of nitrogens with zero attached hydrogens (tertiary/aromatic N) is 1. The molecule has 0 radical (unpaired) electrons. The van der Waals surface area contributed by atoms with Crippen molar-refractivity contribution in [3.05, 3.63) is 70.6 Å². The molecule has 2 aliphatic rings. The third-order valence-corrected chi connectivity index (χ3v) is 6.42. The van der Waals surface area contributed by atoms with Gasteiger partial charge in [0.15, 0.2) is 0 Å². The van der Waals surface area contributed by atoms with Gasteiger partial charge in [0.25, 0.3) is 0 Å². The molecule has 3 N–H and O–H groups in total. The maximum absolute atomic E-state index is 6.44. The van der Waals surface area contributed by atoms with Gasteiger partial charge in [-0.3, -0.25) is 0 Å². The van der Waals surface area contributed by atoms with Gasteiger partial charge in [-0.05, 0) is 48.1 Å². The highest BCUT2D eigenvalue weighted by Crippen LogP contribution is 2.39. The molecule has 0 spiro atoms. The summed E-state index contributed by atoms with van der Waals surface area (Å²) in [6.45, 7) is 3.16. The van der Waals surface area contributed by atoms with Gasteiger partial charge < -0.3 is 16.0 Å². The van der Waals surface area contributed by atoms with Gasteiger partial charge in [-0.25, -0.2) is 0 Å². The van der Waals surface area contributed by atoms with E-state index in [1.807, 2.05) is 12.1 Å². The summed E-state index contributed by atoms with van der Waals surface area (Å²) >= 11 is 0. The number of benzene rings is 3. The summed E-state index contributed by atoms with van der Waals surface area (Å²) in [6.07, 6.45) is 4.51. The molecular weight excluding hydrogens is 330 g/mol. The fraction of sp³-hybridized carbons (Fsp3) is 0.250. The number of nitrogen functional groups attached to an aromatic ring is 1. The van der Waals surface area contributed by atoms with E-state index in [2.05, 4.69) is 72.7 Å². The topological polar surface area (TPSA) is 41.3 Å². The fourth-order valence-electron chi connectivity index (χ4n) is 4.81. The van der Waals surface area contributed by atoms with E-state index in [-0.39, 0.29) is 5.54 Å². The van der Waals surface area contributed by atoms with Gasteiger partial charge in [-0.2, -0.15) is 0 Å². The third-order valence-electron chi connectivity index (χ3n) is 6.42. The summed E-state index contributed by atoms with van der Waals surface area (Å²) in [5.41, 5.74) is 11.0. The lowest BCUT2D eigenvalue weighted by Crippen LogP contribution is -2.46. The molecular formula is C24H25N3. The Labute approximate surface area is 159 Å². The van der Waals surface area contributed by atoms with Crippen LogP contribution in [0.4, 0.5) is 11.4 Å². The molecule has 136 valence electrons. The molecule has 5 rings (SSSR count). The standard InChI is InChI=1S/C24H25N3/c1-24(18-11-3-7-16-8-4-12-19(25)22(16)18)15-26-20-13-5-9-17-10-6-14-21(23(17)20)27(24)2/h3-5,7-13,26H,6,14-15,25H2,1-2H3. The third kappa shape index (κ3) is 2.27. The Balaban J connectivity index is 1.79. The van der Waals surface area contributed by atoms with Gasteiger partial charge in [0, 0.05) is 41.3 Å². The smallest absolute Gasteiger partial charge is 0.0798 e. The second-order valence-corrected chi connectivity index (χ2v) is 7.90. The van der Waals surface area contributed by atoms with Crippen LogP contribution in [-0.4, -0.2) is 18.5 Å². The Morgan fingerprint density at radius 1 is 1.04 bits per heavy atom. The predicted octanol–water partition coefficient (Wildman–Crippen LogP) is 3.38. The molecule has 27 heavy (non-hydrogen) atoms. The van der Waals surface area contributed by atoms with Gasteiger partial charge in [0.1, 0.15) is 0 Å². The van der Waals surface area contributed by atoms with Gasteiger partial charge in [-0.1, -0.05) is 48.5 Å². The zero-order valence-corrected chi connectivity index (χ0v) is 15.9. The van der Waals surface area contributed by atoms with Crippen LogP contribution in [0, 0.1) is 0 Å².